The second kappa shape index (κ2) is 5.35. The lowest BCUT2D eigenvalue weighted by molar-refractivity contribution is 0.264. The molecule has 1 aliphatic carbocycles. The summed E-state index contributed by atoms with van der Waals surface area (Å²) < 4.78 is 0. The summed E-state index contributed by atoms with van der Waals surface area (Å²) in [7, 11) is 2.15. The molecule has 3 rings (SSSR count). The van der Waals surface area contributed by atoms with Crippen molar-refractivity contribution in [3.8, 4) is 0 Å². The third-order valence-corrected chi connectivity index (χ3v) is 5.18. The number of hydrogen-bond donors (Lipinski definition) is 0. The van der Waals surface area contributed by atoms with Gasteiger partial charge in [-0.2, -0.15) is 11.8 Å². The Bertz CT molecular complexity index is 452. The van der Waals surface area contributed by atoms with Crippen LogP contribution in [0.1, 0.15) is 36.0 Å². The Hall–Kier alpha value is -0.320. The van der Waals surface area contributed by atoms with Gasteiger partial charge in [0.15, 0.2) is 0 Å². The van der Waals surface area contributed by atoms with E-state index in [4.69, 9.17) is 16.6 Å². The van der Waals surface area contributed by atoms with Crippen molar-refractivity contribution in [3.63, 3.8) is 0 Å². The molecule has 1 aromatic heterocycles. The monoisotopic (exact) mass is 283 g/mol. The fourth-order valence-electron chi connectivity index (χ4n) is 2.67. The van der Waals surface area contributed by atoms with Crippen molar-refractivity contribution in [3.05, 3.63) is 22.2 Å². The van der Waals surface area contributed by atoms with Crippen LogP contribution in [0.2, 0.25) is 5.15 Å². The van der Waals surface area contributed by atoms with Crippen LogP contribution < -0.4 is 0 Å². The quantitative estimate of drug-likeness (QED) is 0.741. The summed E-state index contributed by atoms with van der Waals surface area (Å²) >= 11 is 8.32. The first-order chi connectivity index (χ1) is 8.75. The van der Waals surface area contributed by atoms with E-state index in [2.05, 4.69) is 16.9 Å². The standard InChI is InChI=1S/C13H18ClN3S/c1-17-6-7-18-8-11(17)13-15-10-5-3-2-4-9(10)12(14)16-13/h11H,2-8H2,1H3. The molecule has 5 heteroatoms. The molecule has 1 atom stereocenters. The maximum atomic E-state index is 6.34. The van der Waals surface area contributed by atoms with Crippen LogP contribution in [0.3, 0.4) is 0 Å². The topological polar surface area (TPSA) is 29.0 Å². The summed E-state index contributed by atoms with van der Waals surface area (Å²) in [5.74, 6) is 3.20. The maximum Gasteiger partial charge on any atom is 0.148 e. The van der Waals surface area contributed by atoms with Crippen molar-refractivity contribution in [1.29, 1.82) is 0 Å². The SMILES string of the molecule is CN1CCSCC1c1nc(Cl)c2c(n1)CCCC2. The average Bonchev–Trinajstić information content (AvgIpc) is 2.39. The van der Waals surface area contributed by atoms with E-state index in [0.29, 0.717) is 11.2 Å². The molecule has 18 heavy (non-hydrogen) atoms. The number of nitrogens with zero attached hydrogens (tertiary/aromatic N) is 3. The van der Waals surface area contributed by atoms with Crippen molar-refractivity contribution in [1.82, 2.24) is 14.9 Å². The van der Waals surface area contributed by atoms with Crippen LogP contribution in [0.15, 0.2) is 0 Å². The highest BCUT2D eigenvalue weighted by atomic mass is 35.5. The number of thioether (sulfide) groups is 1. The van der Waals surface area contributed by atoms with Gasteiger partial charge in [0.25, 0.3) is 0 Å². The molecule has 0 aromatic carbocycles. The van der Waals surface area contributed by atoms with Gasteiger partial charge >= 0.3 is 0 Å². The van der Waals surface area contributed by atoms with E-state index in [-0.39, 0.29) is 0 Å². The summed E-state index contributed by atoms with van der Waals surface area (Å²) in [4.78, 5) is 11.7. The molecule has 3 nitrogen and oxygen atoms in total. The molecular formula is C13H18ClN3S. The summed E-state index contributed by atoms with van der Waals surface area (Å²) in [6.45, 7) is 1.10. The van der Waals surface area contributed by atoms with Crippen LogP contribution in [0.25, 0.3) is 0 Å². The summed E-state index contributed by atoms with van der Waals surface area (Å²) in [6, 6.07) is 0.327. The van der Waals surface area contributed by atoms with Gasteiger partial charge in [-0.3, -0.25) is 4.90 Å². The fourth-order valence-corrected chi connectivity index (χ4v) is 4.17. The van der Waals surface area contributed by atoms with Gasteiger partial charge in [0.05, 0.1) is 6.04 Å². The van der Waals surface area contributed by atoms with Gasteiger partial charge in [0, 0.05) is 29.3 Å². The Morgan fingerprint density at radius 3 is 2.94 bits per heavy atom. The number of fused-ring (bicyclic) bond motifs is 1. The van der Waals surface area contributed by atoms with Crippen LogP contribution in [0, 0.1) is 0 Å². The summed E-state index contributed by atoms with van der Waals surface area (Å²) in [5.41, 5.74) is 2.39. The minimum Gasteiger partial charge on any atom is -0.295 e. The van der Waals surface area contributed by atoms with Gasteiger partial charge in [0.2, 0.25) is 0 Å². The highest BCUT2D eigenvalue weighted by Gasteiger charge is 2.26. The van der Waals surface area contributed by atoms with Crippen molar-refractivity contribution >= 4 is 23.4 Å². The van der Waals surface area contributed by atoms with E-state index in [1.165, 1.54) is 29.9 Å². The molecule has 1 unspecified atom stereocenters. The zero-order valence-corrected chi connectivity index (χ0v) is 12.2. The molecule has 2 heterocycles. The highest BCUT2D eigenvalue weighted by molar-refractivity contribution is 7.99. The number of halogens is 1. The van der Waals surface area contributed by atoms with Gasteiger partial charge in [-0.25, -0.2) is 9.97 Å². The second-order valence-electron chi connectivity index (χ2n) is 5.08. The zero-order chi connectivity index (χ0) is 12.5. The molecule has 1 fully saturated rings. The molecule has 1 saturated heterocycles. The largest absolute Gasteiger partial charge is 0.295 e. The Morgan fingerprint density at radius 1 is 1.28 bits per heavy atom. The van der Waals surface area contributed by atoms with Crippen LogP contribution in [0.5, 0.6) is 0 Å². The van der Waals surface area contributed by atoms with Gasteiger partial charge in [-0.15, -0.1) is 0 Å². The van der Waals surface area contributed by atoms with E-state index in [1.54, 1.807) is 0 Å². The first kappa shape index (κ1) is 12.7. The number of hydrogen-bond acceptors (Lipinski definition) is 4. The van der Waals surface area contributed by atoms with Crippen molar-refractivity contribution in [2.75, 3.05) is 25.1 Å². The molecular weight excluding hydrogens is 266 g/mol. The van der Waals surface area contributed by atoms with Crippen LogP contribution in [-0.2, 0) is 12.8 Å². The minimum atomic E-state index is 0.327. The fraction of sp³-hybridized carbons (Fsp3) is 0.692. The van der Waals surface area contributed by atoms with Crippen molar-refractivity contribution in [2.24, 2.45) is 0 Å². The lowest BCUT2D eigenvalue weighted by Gasteiger charge is -2.31. The molecule has 0 saturated carbocycles. The normalized spacial score (nSPS) is 24.9. The first-order valence-corrected chi connectivity index (χ1v) is 8.12. The third-order valence-electron chi connectivity index (χ3n) is 3.84. The molecule has 0 bridgehead atoms. The molecule has 0 radical (unpaired) electrons. The van der Waals surface area contributed by atoms with Gasteiger partial charge in [0.1, 0.15) is 11.0 Å². The van der Waals surface area contributed by atoms with E-state index < -0.39 is 0 Å². The Kier molecular flexibility index (Phi) is 3.78. The highest BCUT2D eigenvalue weighted by Crippen LogP contribution is 2.30. The molecule has 1 aromatic rings. The van der Waals surface area contributed by atoms with Crippen LogP contribution in [0.4, 0.5) is 0 Å². The minimum absolute atomic E-state index is 0.327. The Morgan fingerprint density at radius 2 is 2.11 bits per heavy atom. The number of aryl methyl sites for hydroxylation is 1. The Balaban J connectivity index is 1.94. The third kappa shape index (κ3) is 2.38. The van der Waals surface area contributed by atoms with E-state index in [9.17, 15) is 0 Å². The lowest BCUT2D eigenvalue weighted by atomic mass is 9.97. The van der Waals surface area contributed by atoms with E-state index in [0.717, 1.165) is 31.0 Å². The smallest absolute Gasteiger partial charge is 0.148 e. The summed E-state index contributed by atoms with van der Waals surface area (Å²) in [5, 5.41) is 0.693. The lowest BCUT2D eigenvalue weighted by Crippen LogP contribution is -2.34. The maximum absolute atomic E-state index is 6.34. The first-order valence-electron chi connectivity index (χ1n) is 6.59. The van der Waals surface area contributed by atoms with Gasteiger partial charge in [-0.05, 0) is 32.7 Å². The summed E-state index contributed by atoms with van der Waals surface area (Å²) in [6.07, 6.45) is 4.56. The van der Waals surface area contributed by atoms with Crippen molar-refractivity contribution in [2.45, 2.75) is 31.7 Å². The average molecular weight is 284 g/mol. The molecule has 0 amide bonds. The number of aromatic nitrogens is 2. The molecule has 2 aliphatic rings. The van der Waals surface area contributed by atoms with Gasteiger partial charge < -0.3 is 0 Å². The zero-order valence-electron chi connectivity index (χ0n) is 10.7. The van der Waals surface area contributed by atoms with E-state index in [1.807, 2.05) is 11.8 Å². The van der Waals surface area contributed by atoms with Gasteiger partial charge in [-0.1, -0.05) is 11.6 Å². The Labute approximate surface area is 117 Å². The molecule has 0 N–H and O–H groups in total. The second-order valence-corrected chi connectivity index (χ2v) is 6.58. The molecule has 98 valence electrons. The van der Waals surface area contributed by atoms with Crippen LogP contribution >= 0.6 is 23.4 Å². The predicted octanol–water partition coefficient (Wildman–Crippen LogP) is 2.73. The van der Waals surface area contributed by atoms with Crippen LogP contribution in [-0.4, -0.2) is 40.0 Å². The molecule has 1 aliphatic heterocycles. The number of rotatable bonds is 1. The predicted molar refractivity (Wildman–Crippen MR) is 76.4 cm³/mol. The van der Waals surface area contributed by atoms with E-state index >= 15 is 0 Å². The van der Waals surface area contributed by atoms with Crippen molar-refractivity contribution < 1.29 is 0 Å². The molecule has 0 spiro atoms.